The van der Waals surface area contributed by atoms with E-state index in [2.05, 4.69) is 13.8 Å². The van der Waals surface area contributed by atoms with Gasteiger partial charge in [0.05, 0.1) is 0 Å². The third kappa shape index (κ3) is 7.02. The molecule has 45 heavy (non-hydrogen) atoms. The van der Waals surface area contributed by atoms with Crippen molar-refractivity contribution in [2.24, 2.45) is 0 Å². The third-order valence-corrected chi connectivity index (χ3v) is 7.86. The lowest BCUT2D eigenvalue weighted by molar-refractivity contribution is -0.288. The fourth-order valence-corrected chi connectivity index (χ4v) is 4.92. The predicted molar refractivity (Wildman–Crippen MR) is 161 cm³/mol. The van der Waals surface area contributed by atoms with E-state index in [1.54, 1.807) is 26.0 Å². The largest absolute Gasteiger partial charge is 0.488 e. The van der Waals surface area contributed by atoms with Crippen molar-refractivity contribution in [1.82, 2.24) is 0 Å². The molecule has 4 rings (SSSR count). The van der Waals surface area contributed by atoms with Crippen LogP contribution in [0.1, 0.15) is 79.6 Å². The van der Waals surface area contributed by atoms with Crippen LogP contribution in [0.5, 0.6) is 17.2 Å². The Bertz CT molecular complexity index is 1570. The molecule has 0 N–H and O–H groups in total. The summed E-state index contributed by atoms with van der Waals surface area (Å²) < 4.78 is 98.9. The molecule has 3 nitrogen and oxygen atoms in total. The van der Waals surface area contributed by atoms with Crippen LogP contribution in [-0.2, 0) is 5.41 Å². The number of rotatable bonds is 10. The molecule has 4 aromatic carbocycles. The Morgan fingerprint density at radius 1 is 0.622 bits per heavy atom. The minimum atomic E-state index is -5.73. The minimum absolute atomic E-state index is 0.0193. The third-order valence-electron chi connectivity index (χ3n) is 7.86. The first-order valence-corrected chi connectivity index (χ1v) is 14.4. The van der Waals surface area contributed by atoms with E-state index >= 15 is 0 Å². The highest BCUT2D eigenvalue weighted by Gasteiger charge is 2.72. The number of benzene rings is 4. The standard InChI is InChI=1S/C36H34F6O3/c1-6-33(4,5)45-31-21-15-28(16-22-31)34(35(37,38)39,36(40,41)42)27-13-19-30(20-14-27)44-29-17-11-26(12-18-29)32(43)25-9-7-24(8-10-25)23(2)3/h7-23H,6H2,1-5H3. The Labute approximate surface area is 258 Å². The molecule has 0 saturated carbocycles. The van der Waals surface area contributed by atoms with E-state index in [0.29, 0.717) is 23.5 Å². The average molecular weight is 629 g/mol. The number of hydrogen-bond acceptors (Lipinski definition) is 3. The Balaban J connectivity index is 1.60. The fraction of sp³-hybridized carbons (Fsp3) is 0.306. The lowest BCUT2D eigenvalue weighted by Gasteiger charge is -2.38. The van der Waals surface area contributed by atoms with Crippen LogP contribution in [0.15, 0.2) is 97.1 Å². The summed E-state index contributed by atoms with van der Waals surface area (Å²) in [5.41, 5.74) is -4.95. The zero-order chi connectivity index (χ0) is 33.2. The van der Waals surface area contributed by atoms with E-state index in [1.165, 1.54) is 24.3 Å². The molecule has 4 aromatic rings. The van der Waals surface area contributed by atoms with Gasteiger partial charge in [0, 0.05) is 11.1 Å². The molecular weight excluding hydrogens is 594 g/mol. The van der Waals surface area contributed by atoms with Crippen LogP contribution < -0.4 is 9.47 Å². The second kappa shape index (κ2) is 12.6. The van der Waals surface area contributed by atoms with Crippen LogP contribution in [0, 0.1) is 0 Å². The molecule has 0 bridgehead atoms. The van der Waals surface area contributed by atoms with Gasteiger partial charge in [-0.05, 0) is 91.4 Å². The highest BCUT2D eigenvalue weighted by molar-refractivity contribution is 6.09. The highest BCUT2D eigenvalue weighted by atomic mass is 19.4. The van der Waals surface area contributed by atoms with Crippen molar-refractivity contribution >= 4 is 5.78 Å². The van der Waals surface area contributed by atoms with Gasteiger partial charge < -0.3 is 9.47 Å². The van der Waals surface area contributed by atoms with Crippen molar-refractivity contribution in [3.8, 4) is 17.2 Å². The molecule has 0 heterocycles. The van der Waals surface area contributed by atoms with E-state index in [1.807, 2.05) is 19.1 Å². The van der Waals surface area contributed by atoms with Crippen molar-refractivity contribution in [1.29, 1.82) is 0 Å². The molecule has 0 aromatic heterocycles. The zero-order valence-electron chi connectivity index (χ0n) is 25.5. The molecule has 0 fully saturated rings. The number of carbonyl (C=O) groups excluding carboxylic acids is 1. The van der Waals surface area contributed by atoms with E-state index in [4.69, 9.17) is 9.47 Å². The monoisotopic (exact) mass is 628 g/mol. The van der Waals surface area contributed by atoms with Crippen LogP contribution in [0.4, 0.5) is 26.3 Å². The van der Waals surface area contributed by atoms with Gasteiger partial charge in [-0.3, -0.25) is 4.79 Å². The molecule has 0 radical (unpaired) electrons. The van der Waals surface area contributed by atoms with Gasteiger partial charge in [0.15, 0.2) is 5.78 Å². The molecule has 0 atom stereocenters. The van der Waals surface area contributed by atoms with Gasteiger partial charge in [-0.15, -0.1) is 0 Å². The maximum atomic E-state index is 14.6. The summed E-state index contributed by atoms with van der Waals surface area (Å²) in [6.07, 6.45) is -10.9. The molecule has 0 aliphatic heterocycles. The molecule has 0 unspecified atom stereocenters. The predicted octanol–water partition coefficient (Wildman–Crippen LogP) is 10.8. The highest BCUT2D eigenvalue weighted by Crippen LogP contribution is 2.56. The second-order valence-corrected chi connectivity index (χ2v) is 11.7. The first-order valence-electron chi connectivity index (χ1n) is 14.4. The van der Waals surface area contributed by atoms with Gasteiger partial charge in [0.25, 0.3) is 0 Å². The fourth-order valence-electron chi connectivity index (χ4n) is 4.92. The maximum absolute atomic E-state index is 14.6. The first-order chi connectivity index (χ1) is 21.0. The molecule has 0 spiro atoms. The number of hydrogen-bond donors (Lipinski definition) is 0. The smallest absolute Gasteiger partial charge is 0.411 e. The van der Waals surface area contributed by atoms with Crippen molar-refractivity contribution in [3.63, 3.8) is 0 Å². The van der Waals surface area contributed by atoms with Crippen LogP contribution in [0.2, 0.25) is 0 Å². The summed E-state index contributed by atoms with van der Waals surface area (Å²) >= 11 is 0. The van der Waals surface area contributed by atoms with Gasteiger partial charge in [0.1, 0.15) is 22.8 Å². The topological polar surface area (TPSA) is 35.5 Å². The molecular formula is C36H34F6O3. The van der Waals surface area contributed by atoms with Crippen LogP contribution in [-0.4, -0.2) is 23.7 Å². The van der Waals surface area contributed by atoms with E-state index < -0.39 is 34.5 Å². The van der Waals surface area contributed by atoms with Gasteiger partial charge in [0.2, 0.25) is 5.41 Å². The van der Waals surface area contributed by atoms with Gasteiger partial charge >= 0.3 is 12.4 Å². The lowest BCUT2D eigenvalue weighted by atomic mass is 9.73. The van der Waals surface area contributed by atoms with Crippen molar-refractivity contribution in [2.45, 2.75) is 70.3 Å². The van der Waals surface area contributed by atoms with Crippen molar-refractivity contribution < 1.29 is 40.6 Å². The first kappa shape index (κ1) is 33.6. The Morgan fingerprint density at radius 2 is 1.00 bits per heavy atom. The summed E-state index contributed by atoms with van der Waals surface area (Å²) in [6.45, 7) is 9.48. The maximum Gasteiger partial charge on any atom is 0.411 e. The number of alkyl halides is 6. The summed E-state index contributed by atoms with van der Waals surface area (Å²) in [4.78, 5) is 12.9. The summed E-state index contributed by atoms with van der Waals surface area (Å²) in [5.74, 6) is 0.543. The van der Waals surface area contributed by atoms with E-state index in [9.17, 15) is 31.1 Å². The second-order valence-electron chi connectivity index (χ2n) is 11.7. The molecule has 238 valence electrons. The summed E-state index contributed by atoms with van der Waals surface area (Å²) in [6, 6.07) is 20.8. The van der Waals surface area contributed by atoms with Crippen LogP contribution in [0.3, 0.4) is 0 Å². The van der Waals surface area contributed by atoms with Gasteiger partial charge in [-0.25, -0.2) is 0 Å². The zero-order valence-corrected chi connectivity index (χ0v) is 25.5. The SMILES string of the molecule is CCC(C)(C)Oc1ccc(C(c2ccc(Oc3ccc(C(=O)c4ccc(C(C)C)cc4)cc3)cc2)(C(F)(F)F)C(F)(F)F)cc1. The quantitative estimate of drug-likeness (QED) is 0.129. The molecule has 9 heteroatoms. The Morgan fingerprint density at radius 3 is 1.38 bits per heavy atom. The molecule has 0 saturated heterocycles. The molecule has 0 aliphatic carbocycles. The normalized spacial score (nSPS) is 12.7. The molecule has 0 amide bonds. The lowest BCUT2D eigenvalue weighted by Crippen LogP contribution is -2.54. The van der Waals surface area contributed by atoms with Crippen LogP contribution >= 0.6 is 0 Å². The van der Waals surface area contributed by atoms with E-state index in [0.717, 1.165) is 54.1 Å². The van der Waals surface area contributed by atoms with Gasteiger partial charge in [-0.2, -0.15) is 26.3 Å². The van der Waals surface area contributed by atoms with Gasteiger partial charge in [-0.1, -0.05) is 69.3 Å². The van der Waals surface area contributed by atoms with E-state index in [-0.39, 0.29) is 23.0 Å². The van der Waals surface area contributed by atoms with Crippen molar-refractivity contribution in [3.05, 3.63) is 125 Å². The minimum Gasteiger partial charge on any atom is -0.488 e. The van der Waals surface area contributed by atoms with Crippen LogP contribution in [0.25, 0.3) is 0 Å². The summed E-state index contributed by atoms with van der Waals surface area (Å²) in [5, 5.41) is 0. The van der Waals surface area contributed by atoms with Crippen molar-refractivity contribution in [2.75, 3.05) is 0 Å². The number of ketones is 1. The molecule has 0 aliphatic rings. The number of carbonyl (C=O) groups is 1. The average Bonchev–Trinajstić information content (AvgIpc) is 2.98. The number of halogens is 6. The Hall–Kier alpha value is -4.27. The number of ether oxygens (including phenoxy) is 2. The summed E-state index contributed by atoms with van der Waals surface area (Å²) in [7, 11) is 0. The Kier molecular flexibility index (Phi) is 9.43.